The van der Waals surface area contributed by atoms with E-state index in [1.807, 2.05) is 55.4 Å². The minimum atomic E-state index is -0.000589. The second-order valence-electron chi connectivity index (χ2n) is 4.40. The molecule has 2 aromatic rings. The highest BCUT2D eigenvalue weighted by atomic mass is 16.5. The topological polar surface area (TPSA) is 62.3 Å². The molecule has 19 heavy (non-hydrogen) atoms. The Hall–Kier alpha value is -2.49. The molecule has 0 radical (unpaired) electrons. The summed E-state index contributed by atoms with van der Waals surface area (Å²) in [6, 6.07) is 15.0. The van der Waals surface area contributed by atoms with Crippen molar-refractivity contribution in [3.63, 3.8) is 0 Å². The van der Waals surface area contributed by atoms with Gasteiger partial charge in [0.2, 0.25) is 0 Å². The van der Waals surface area contributed by atoms with Crippen LogP contribution in [0.5, 0.6) is 11.5 Å². The molecule has 0 aliphatic heterocycles. The number of amidine groups is 1. The largest absolute Gasteiger partial charge is 0.457 e. The maximum absolute atomic E-state index is 7.54. The van der Waals surface area contributed by atoms with E-state index in [1.165, 1.54) is 0 Å². The summed E-state index contributed by atoms with van der Waals surface area (Å²) in [6.45, 7) is 0. The zero-order chi connectivity index (χ0) is 13.8. The van der Waals surface area contributed by atoms with E-state index in [2.05, 4.69) is 0 Å². The molecule has 0 amide bonds. The summed E-state index contributed by atoms with van der Waals surface area (Å²) in [7, 11) is 3.95. The van der Waals surface area contributed by atoms with E-state index < -0.39 is 0 Å². The number of hydrogen-bond donors (Lipinski definition) is 2. The number of para-hydroxylation sites is 1. The van der Waals surface area contributed by atoms with Gasteiger partial charge in [0.25, 0.3) is 0 Å². The molecule has 4 nitrogen and oxygen atoms in total. The van der Waals surface area contributed by atoms with Crippen LogP contribution in [0.1, 0.15) is 5.56 Å². The van der Waals surface area contributed by atoms with E-state index in [0.717, 1.165) is 11.4 Å². The van der Waals surface area contributed by atoms with Gasteiger partial charge >= 0.3 is 0 Å². The SMILES string of the molecule is CN(C)c1cccc(Oc2ccccc2C(=N)N)c1. The van der Waals surface area contributed by atoms with E-state index in [1.54, 1.807) is 12.1 Å². The Balaban J connectivity index is 2.31. The Morgan fingerprint density at radius 2 is 1.84 bits per heavy atom. The number of hydrogen-bond acceptors (Lipinski definition) is 3. The normalized spacial score (nSPS) is 10.0. The molecule has 0 aliphatic carbocycles. The van der Waals surface area contributed by atoms with Gasteiger partial charge in [-0.25, -0.2) is 0 Å². The second kappa shape index (κ2) is 5.44. The van der Waals surface area contributed by atoms with Crippen LogP contribution in [0.25, 0.3) is 0 Å². The Morgan fingerprint density at radius 3 is 2.53 bits per heavy atom. The van der Waals surface area contributed by atoms with Gasteiger partial charge in [-0.15, -0.1) is 0 Å². The standard InChI is InChI=1S/C15H17N3O/c1-18(2)11-6-5-7-12(10-11)19-14-9-4-3-8-13(14)15(16)17/h3-10H,1-2H3,(H3,16,17). The summed E-state index contributed by atoms with van der Waals surface area (Å²) in [6.07, 6.45) is 0. The quantitative estimate of drug-likeness (QED) is 0.652. The van der Waals surface area contributed by atoms with E-state index >= 15 is 0 Å². The van der Waals surface area contributed by atoms with Crippen molar-refractivity contribution in [2.24, 2.45) is 5.73 Å². The van der Waals surface area contributed by atoms with E-state index in [4.69, 9.17) is 15.9 Å². The van der Waals surface area contributed by atoms with Gasteiger partial charge in [0.1, 0.15) is 17.3 Å². The molecule has 2 aromatic carbocycles. The van der Waals surface area contributed by atoms with Crippen LogP contribution in [0.2, 0.25) is 0 Å². The molecular weight excluding hydrogens is 238 g/mol. The molecular formula is C15H17N3O. The highest BCUT2D eigenvalue weighted by Gasteiger charge is 2.07. The molecule has 2 rings (SSSR count). The van der Waals surface area contributed by atoms with Crippen LogP contribution in [0, 0.1) is 5.41 Å². The van der Waals surface area contributed by atoms with Crippen molar-refractivity contribution in [1.82, 2.24) is 0 Å². The molecule has 0 fully saturated rings. The lowest BCUT2D eigenvalue weighted by atomic mass is 10.2. The molecule has 0 aliphatic rings. The first-order chi connectivity index (χ1) is 9.08. The number of ether oxygens (including phenoxy) is 1. The van der Waals surface area contributed by atoms with Crippen molar-refractivity contribution in [3.05, 3.63) is 54.1 Å². The smallest absolute Gasteiger partial charge is 0.138 e. The molecule has 98 valence electrons. The fraction of sp³-hybridized carbons (Fsp3) is 0.133. The number of benzene rings is 2. The fourth-order valence-corrected chi connectivity index (χ4v) is 1.73. The van der Waals surface area contributed by atoms with E-state index in [9.17, 15) is 0 Å². The van der Waals surface area contributed by atoms with Gasteiger partial charge in [-0.2, -0.15) is 0 Å². The average Bonchev–Trinajstić information content (AvgIpc) is 2.39. The summed E-state index contributed by atoms with van der Waals surface area (Å²) < 4.78 is 5.81. The number of nitrogens with two attached hydrogens (primary N) is 1. The van der Waals surface area contributed by atoms with E-state index in [-0.39, 0.29) is 5.84 Å². The van der Waals surface area contributed by atoms with Crippen molar-refractivity contribution in [2.45, 2.75) is 0 Å². The number of rotatable bonds is 4. The van der Waals surface area contributed by atoms with Crippen molar-refractivity contribution >= 4 is 11.5 Å². The summed E-state index contributed by atoms with van der Waals surface area (Å²) in [5.74, 6) is 1.31. The molecule has 0 unspecified atom stereocenters. The summed E-state index contributed by atoms with van der Waals surface area (Å²) in [4.78, 5) is 2.00. The number of anilines is 1. The first-order valence-electron chi connectivity index (χ1n) is 5.96. The molecule has 0 saturated heterocycles. The molecule has 0 heterocycles. The summed E-state index contributed by atoms with van der Waals surface area (Å²) in [5, 5.41) is 7.54. The lowest BCUT2D eigenvalue weighted by Crippen LogP contribution is -2.12. The number of nitrogens with zero attached hydrogens (tertiary/aromatic N) is 1. The van der Waals surface area contributed by atoms with Crippen LogP contribution in [-0.4, -0.2) is 19.9 Å². The summed E-state index contributed by atoms with van der Waals surface area (Å²) >= 11 is 0. The fourth-order valence-electron chi connectivity index (χ4n) is 1.73. The van der Waals surface area contributed by atoms with Gasteiger partial charge in [0.05, 0.1) is 5.56 Å². The van der Waals surface area contributed by atoms with Crippen molar-refractivity contribution in [1.29, 1.82) is 5.41 Å². The summed E-state index contributed by atoms with van der Waals surface area (Å²) in [5.41, 5.74) is 7.19. The van der Waals surface area contributed by atoms with Gasteiger partial charge in [0, 0.05) is 25.8 Å². The first kappa shape index (κ1) is 13.0. The van der Waals surface area contributed by atoms with Crippen LogP contribution in [0.4, 0.5) is 5.69 Å². The third-order valence-corrected chi connectivity index (χ3v) is 2.74. The Kier molecular flexibility index (Phi) is 3.71. The highest BCUT2D eigenvalue weighted by Crippen LogP contribution is 2.27. The Labute approximate surface area is 112 Å². The van der Waals surface area contributed by atoms with Crippen molar-refractivity contribution in [2.75, 3.05) is 19.0 Å². The van der Waals surface area contributed by atoms with Crippen molar-refractivity contribution in [3.8, 4) is 11.5 Å². The molecule has 0 saturated carbocycles. The number of nitrogen functional groups attached to an aromatic ring is 1. The van der Waals surface area contributed by atoms with Gasteiger partial charge in [-0.3, -0.25) is 5.41 Å². The highest BCUT2D eigenvalue weighted by molar-refractivity contribution is 5.97. The Morgan fingerprint density at radius 1 is 1.11 bits per heavy atom. The molecule has 0 bridgehead atoms. The van der Waals surface area contributed by atoms with Crippen LogP contribution >= 0.6 is 0 Å². The molecule has 0 atom stereocenters. The van der Waals surface area contributed by atoms with Gasteiger partial charge in [-0.05, 0) is 24.3 Å². The predicted octanol–water partition coefficient (Wildman–Crippen LogP) is 2.83. The lowest BCUT2D eigenvalue weighted by Gasteiger charge is -2.15. The maximum atomic E-state index is 7.54. The third-order valence-electron chi connectivity index (χ3n) is 2.74. The van der Waals surface area contributed by atoms with Crippen LogP contribution in [-0.2, 0) is 0 Å². The molecule has 0 aromatic heterocycles. The van der Waals surface area contributed by atoms with Gasteiger partial charge in [0.15, 0.2) is 0 Å². The monoisotopic (exact) mass is 255 g/mol. The average molecular weight is 255 g/mol. The van der Waals surface area contributed by atoms with Gasteiger partial charge < -0.3 is 15.4 Å². The zero-order valence-corrected chi connectivity index (χ0v) is 11.1. The zero-order valence-electron chi connectivity index (χ0n) is 11.1. The van der Waals surface area contributed by atoms with Gasteiger partial charge in [-0.1, -0.05) is 18.2 Å². The van der Waals surface area contributed by atoms with Crippen LogP contribution in [0.15, 0.2) is 48.5 Å². The first-order valence-corrected chi connectivity index (χ1v) is 5.96. The predicted molar refractivity (Wildman–Crippen MR) is 78.3 cm³/mol. The van der Waals surface area contributed by atoms with Crippen LogP contribution in [0.3, 0.4) is 0 Å². The maximum Gasteiger partial charge on any atom is 0.138 e. The second-order valence-corrected chi connectivity index (χ2v) is 4.40. The minimum Gasteiger partial charge on any atom is -0.457 e. The Bertz CT molecular complexity index is 593. The minimum absolute atomic E-state index is 0.000589. The molecule has 3 N–H and O–H groups in total. The van der Waals surface area contributed by atoms with Crippen molar-refractivity contribution < 1.29 is 4.74 Å². The molecule has 0 spiro atoms. The van der Waals surface area contributed by atoms with Crippen LogP contribution < -0.4 is 15.4 Å². The van der Waals surface area contributed by atoms with E-state index in [0.29, 0.717) is 11.3 Å². The number of nitrogens with one attached hydrogen (secondary N) is 1. The molecule has 4 heteroatoms. The third kappa shape index (κ3) is 3.04. The lowest BCUT2D eigenvalue weighted by molar-refractivity contribution is 0.481.